The molecule has 110 valence electrons. The van der Waals surface area contributed by atoms with Crippen LogP contribution in [0, 0.1) is 20.8 Å². The molecule has 20 heavy (non-hydrogen) atoms. The molecule has 0 fully saturated rings. The summed E-state index contributed by atoms with van der Waals surface area (Å²) in [6.07, 6.45) is 1.03. The lowest BCUT2D eigenvalue weighted by Gasteiger charge is -2.02. The predicted octanol–water partition coefficient (Wildman–Crippen LogP) is 3.12. The Morgan fingerprint density at radius 1 is 1.25 bits per heavy atom. The van der Waals surface area contributed by atoms with E-state index in [9.17, 15) is 0 Å². The maximum absolute atomic E-state index is 5.85. The minimum atomic E-state index is 0.708. The van der Waals surface area contributed by atoms with Gasteiger partial charge in [-0.1, -0.05) is 13.8 Å². The number of nitrogens with zero attached hydrogens (tertiary/aromatic N) is 2. The van der Waals surface area contributed by atoms with Gasteiger partial charge in [-0.25, -0.2) is 0 Å². The van der Waals surface area contributed by atoms with Gasteiger partial charge >= 0.3 is 0 Å². The lowest BCUT2D eigenvalue weighted by atomic mass is 10.1. The van der Waals surface area contributed by atoms with Gasteiger partial charge in [0.15, 0.2) is 0 Å². The molecule has 0 atom stereocenters. The first-order valence-corrected chi connectivity index (χ1v) is 7.38. The molecule has 0 spiro atoms. The van der Waals surface area contributed by atoms with Crippen LogP contribution in [0.15, 0.2) is 10.5 Å². The Morgan fingerprint density at radius 3 is 2.60 bits per heavy atom. The lowest BCUT2D eigenvalue weighted by Crippen LogP contribution is -2.11. The quantitative estimate of drug-likeness (QED) is 0.881. The predicted molar refractivity (Wildman–Crippen MR) is 81.0 cm³/mol. The van der Waals surface area contributed by atoms with Gasteiger partial charge in [0.2, 0.25) is 0 Å². The van der Waals surface area contributed by atoms with Crippen molar-refractivity contribution in [2.24, 2.45) is 0 Å². The van der Waals surface area contributed by atoms with Gasteiger partial charge in [0.05, 0.1) is 12.2 Å². The molecule has 0 radical (unpaired) electrons. The first-order chi connectivity index (χ1) is 9.56. The largest absolute Gasteiger partial charge is 0.464 e. The Labute approximate surface area is 121 Å². The van der Waals surface area contributed by atoms with E-state index in [4.69, 9.17) is 4.42 Å². The molecule has 2 rings (SSSR count). The fourth-order valence-electron chi connectivity index (χ4n) is 2.65. The highest BCUT2D eigenvalue weighted by Crippen LogP contribution is 2.19. The van der Waals surface area contributed by atoms with E-state index in [1.54, 1.807) is 0 Å². The Hall–Kier alpha value is -1.55. The maximum Gasteiger partial charge on any atom is 0.125 e. The molecule has 0 amide bonds. The van der Waals surface area contributed by atoms with Gasteiger partial charge < -0.3 is 9.73 Å². The monoisotopic (exact) mass is 275 g/mol. The van der Waals surface area contributed by atoms with E-state index in [0.717, 1.165) is 36.7 Å². The molecule has 2 aromatic heterocycles. The van der Waals surface area contributed by atoms with Crippen LogP contribution in [0.1, 0.15) is 47.9 Å². The van der Waals surface area contributed by atoms with Gasteiger partial charge in [-0.3, -0.25) is 4.68 Å². The van der Waals surface area contributed by atoms with Crippen molar-refractivity contribution in [3.05, 3.63) is 40.1 Å². The molecular weight excluding hydrogens is 250 g/mol. The smallest absolute Gasteiger partial charge is 0.125 e. The van der Waals surface area contributed by atoms with E-state index in [2.05, 4.69) is 44.2 Å². The molecule has 0 aromatic carbocycles. The molecule has 0 aliphatic rings. The molecule has 0 unspecified atom stereocenters. The summed E-state index contributed by atoms with van der Waals surface area (Å²) in [6.45, 7) is 13.1. The molecule has 0 saturated carbocycles. The Balaban J connectivity index is 2.18. The average Bonchev–Trinajstić information content (AvgIpc) is 2.88. The second-order valence-electron chi connectivity index (χ2n) is 5.24. The highest BCUT2D eigenvalue weighted by atomic mass is 16.3. The molecule has 4 heteroatoms. The van der Waals surface area contributed by atoms with Crippen molar-refractivity contribution >= 4 is 0 Å². The van der Waals surface area contributed by atoms with Crippen LogP contribution in [0.5, 0.6) is 0 Å². The second kappa shape index (κ2) is 6.27. The van der Waals surface area contributed by atoms with E-state index in [1.165, 1.54) is 16.8 Å². The van der Waals surface area contributed by atoms with Crippen molar-refractivity contribution < 1.29 is 4.42 Å². The maximum atomic E-state index is 5.85. The summed E-state index contributed by atoms with van der Waals surface area (Å²) in [5.41, 5.74) is 4.95. The van der Waals surface area contributed by atoms with Crippen LogP contribution in [0.2, 0.25) is 0 Å². The van der Waals surface area contributed by atoms with Crippen LogP contribution in [-0.2, 0) is 19.5 Å². The number of nitrogens with one attached hydrogen (secondary N) is 1. The van der Waals surface area contributed by atoms with Gasteiger partial charge in [-0.2, -0.15) is 5.10 Å². The Kier molecular flexibility index (Phi) is 4.65. The fraction of sp³-hybridized carbons (Fsp3) is 0.562. The molecule has 0 aliphatic heterocycles. The Bertz CT molecular complexity index is 581. The van der Waals surface area contributed by atoms with Crippen molar-refractivity contribution in [1.29, 1.82) is 0 Å². The number of hydrogen-bond acceptors (Lipinski definition) is 3. The third-order valence-electron chi connectivity index (χ3n) is 3.83. The fourth-order valence-corrected chi connectivity index (χ4v) is 2.65. The average molecular weight is 275 g/mol. The number of aromatic nitrogens is 2. The second-order valence-corrected chi connectivity index (χ2v) is 5.24. The van der Waals surface area contributed by atoms with Gasteiger partial charge in [0, 0.05) is 17.8 Å². The Morgan fingerprint density at radius 2 is 2.00 bits per heavy atom. The molecule has 4 nitrogen and oxygen atoms in total. The van der Waals surface area contributed by atoms with Crippen LogP contribution < -0.4 is 5.32 Å². The van der Waals surface area contributed by atoms with Crippen molar-refractivity contribution in [2.75, 3.05) is 6.54 Å². The zero-order chi connectivity index (χ0) is 14.7. The SMILES string of the molecule is CCNCc1cc(Cn2nc(C)c(CC)c2C)oc1C. The van der Waals surface area contributed by atoms with Crippen molar-refractivity contribution in [1.82, 2.24) is 15.1 Å². The van der Waals surface area contributed by atoms with E-state index >= 15 is 0 Å². The standard InChI is InChI=1S/C16H25N3O/c1-6-16-11(3)18-19(12(16)4)10-15-8-14(9-17-7-2)13(5)20-15/h8,17H,6-7,9-10H2,1-5H3. The highest BCUT2D eigenvalue weighted by molar-refractivity contribution is 5.26. The molecular formula is C16H25N3O. The van der Waals surface area contributed by atoms with Gasteiger partial charge in [-0.05, 0) is 45.4 Å². The summed E-state index contributed by atoms with van der Waals surface area (Å²) in [5, 5.41) is 7.95. The summed E-state index contributed by atoms with van der Waals surface area (Å²) in [4.78, 5) is 0. The summed E-state index contributed by atoms with van der Waals surface area (Å²) in [5.74, 6) is 1.97. The molecule has 0 bridgehead atoms. The molecule has 2 heterocycles. The minimum absolute atomic E-state index is 0.708. The lowest BCUT2D eigenvalue weighted by molar-refractivity contribution is 0.453. The summed E-state index contributed by atoms with van der Waals surface area (Å²) >= 11 is 0. The van der Waals surface area contributed by atoms with Crippen LogP contribution in [0.3, 0.4) is 0 Å². The summed E-state index contributed by atoms with van der Waals surface area (Å²) in [7, 11) is 0. The highest BCUT2D eigenvalue weighted by Gasteiger charge is 2.13. The molecule has 0 saturated heterocycles. The van der Waals surface area contributed by atoms with E-state index in [-0.39, 0.29) is 0 Å². The third-order valence-corrected chi connectivity index (χ3v) is 3.83. The number of rotatable bonds is 6. The molecule has 2 aromatic rings. The van der Waals surface area contributed by atoms with Crippen LogP contribution in [-0.4, -0.2) is 16.3 Å². The molecule has 1 N–H and O–H groups in total. The van der Waals surface area contributed by atoms with Crippen LogP contribution >= 0.6 is 0 Å². The van der Waals surface area contributed by atoms with Crippen LogP contribution in [0.25, 0.3) is 0 Å². The number of hydrogen-bond donors (Lipinski definition) is 1. The van der Waals surface area contributed by atoms with Crippen molar-refractivity contribution in [3.63, 3.8) is 0 Å². The third kappa shape index (κ3) is 2.96. The van der Waals surface area contributed by atoms with E-state index < -0.39 is 0 Å². The van der Waals surface area contributed by atoms with Gasteiger partial charge in [0.25, 0.3) is 0 Å². The van der Waals surface area contributed by atoms with Crippen molar-refractivity contribution in [3.8, 4) is 0 Å². The summed E-state index contributed by atoms with van der Waals surface area (Å²) < 4.78 is 7.90. The zero-order valence-corrected chi connectivity index (χ0v) is 13.2. The zero-order valence-electron chi connectivity index (χ0n) is 13.2. The van der Waals surface area contributed by atoms with Crippen molar-refractivity contribution in [2.45, 2.75) is 54.1 Å². The van der Waals surface area contributed by atoms with Gasteiger partial charge in [0.1, 0.15) is 11.5 Å². The van der Waals surface area contributed by atoms with E-state index in [1.807, 2.05) is 11.6 Å². The number of aryl methyl sites for hydroxylation is 2. The first-order valence-electron chi connectivity index (χ1n) is 7.38. The molecule has 0 aliphatic carbocycles. The topological polar surface area (TPSA) is 43.0 Å². The first kappa shape index (κ1) is 14.9. The summed E-state index contributed by atoms with van der Waals surface area (Å²) in [6, 6.07) is 2.14. The minimum Gasteiger partial charge on any atom is -0.464 e. The normalized spacial score (nSPS) is 11.2. The number of furan rings is 1. The van der Waals surface area contributed by atoms with E-state index in [0.29, 0.717) is 6.54 Å². The van der Waals surface area contributed by atoms with Crippen LogP contribution in [0.4, 0.5) is 0 Å². The van der Waals surface area contributed by atoms with Gasteiger partial charge in [-0.15, -0.1) is 0 Å².